The summed E-state index contributed by atoms with van der Waals surface area (Å²) in [6, 6.07) is 10.5. The van der Waals surface area contributed by atoms with Gasteiger partial charge in [-0.25, -0.2) is 9.97 Å². The van der Waals surface area contributed by atoms with Crippen LogP contribution in [0, 0.1) is 6.92 Å². The molecule has 0 saturated carbocycles. The number of thioether (sulfide) groups is 1. The van der Waals surface area contributed by atoms with E-state index in [1.54, 1.807) is 6.08 Å². The first-order chi connectivity index (χ1) is 14.5. The van der Waals surface area contributed by atoms with Crippen LogP contribution in [0.1, 0.15) is 30.3 Å². The Balaban J connectivity index is 1.53. The predicted molar refractivity (Wildman–Crippen MR) is 121 cm³/mol. The zero-order chi connectivity index (χ0) is 21.1. The van der Waals surface area contributed by atoms with Crippen molar-refractivity contribution in [3.63, 3.8) is 0 Å². The molecular formula is C22H25N5O2S. The van der Waals surface area contributed by atoms with Crippen LogP contribution in [-0.2, 0) is 11.2 Å². The molecule has 156 valence electrons. The third-order valence-corrected chi connectivity index (χ3v) is 5.99. The number of aryl methyl sites for hydroxylation is 2. The van der Waals surface area contributed by atoms with Crippen LogP contribution in [-0.4, -0.2) is 47.3 Å². The van der Waals surface area contributed by atoms with Crippen molar-refractivity contribution in [3.8, 4) is 0 Å². The second-order valence-electron chi connectivity index (χ2n) is 7.50. The number of nitrogens with zero attached hydrogens (tertiary/aromatic N) is 4. The molecule has 1 aromatic heterocycles. The summed E-state index contributed by atoms with van der Waals surface area (Å²) in [4.78, 5) is 37.7. The molecule has 2 aliphatic rings. The second-order valence-corrected chi connectivity index (χ2v) is 8.51. The van der Waals surface area contributed by atoms with Crippen molar-refractivity contribution in [1.82, 2.24) is 15.3 Å². The molecular weight excluding hydrogens is 398 g/mol. The Morgan fingerprint density at radius 3 is 2.40 bits per heavy atom. The fourth-order valence-corrected chi connectivity index (χ4v) is 4.25. The third-order valence-electron chi connectivity index (χ3n) is 5.18. The van der Waals surface area contributed by atoms with Gasteiger partial charge in [0, 0.05) is 37.6 Å². The number of rotatable bonds is 5. The first-order valence-electron chi connectivity index (χ1n) is 10.2. The molecule has 3 heterocycles. The minimum atomic E-state index is -0.367. The number of carbonyl (C=O) groups excluding carboxylic acids is 2. The Hall–Kier alpha value is -2.87. The molecule has 2 amide bonds. The average molecular weight is 424 g/mol. The first kappa shape index (κ1) is 20.4. The lowest BCUT2D eigenvalue weighted by atomic mass is 10.2. The molecule has 0 unspecified atom stereocenters. The van der Waals surface area contributed by atoms with Gasteiger partial charge in [-0.3, -0.25) is 14.9 Å². The number of nitrogens with one attached hydrogen (secondary N) is 1. The minimum Gasteiger partial charge on any atom is -0.368 e. The van der Waals surface area contributed by atoms with Crippen molar-refractivity contribution in [2.24, 2.45) is 0 Å². The van der Waals surface area contributed by atoms with Gasteiger partial charge in [-0.15, -0.1) is 0 Å². The highest BCUT2D eigenvalue weighted by Gasteiger charge is 2.26. The van der Waals surface area contributed by atoms with E-state index in [9.17, 15) is 9.59 Å². The topological polar surface area (TPSA) is 78.4 Å². The van der Waals surface area contributed by atoms with Crippen molar-refractivity contribution in [3.05, 3.63) is 52.2 Å². The molecule has 1 aromatic carbocycles. The van der Waals surface area contributed by atoms with Gasteiger partial charge in [0.1, 0.15) is 0 Å². The summed E-state index contributed by atoms with van der Waals surface area (Å²) in [6.07, 6.45) is 3.49. The van der Waals surface area contributed by atoms with Gasteiger partial charge < -0.3 is 9.80 Å². The number of imide groups is 1. The fraction of sp³-hybridized carbons (Fsp3) is 0.364. The smallest absolute Gasteiger partial charge is 0.290 e. The highest BCUT2D eigenvalue weighted by Crippen LogP contribution is 2.26. The van der Waals surface area contributed by atoms with Crippen molar-refractivity contribution in [1.29, 1.82) is 0 Å². The minimum absolute atomic E-state index is 0.346. The van der Waals surface area contributed by atoms with Gasteiger partial charge in [0.25, 0.3) is 11.1 Å². The first-order valence-corrected chi connectivity index (χ1v) is 11.0. The standard InChI is InChI=1S/C22H25N5O2S/c1-3-4-16-13-17(14-19-20(28)25-22(29)30-19)24-21(23-16)27-11-9-26(10-12-27)18-7-5-15(2)6-8-18/h5-8,13-14H,3-4,9-12H2,1-2H3,(H,25,28,29)/b19-14-. The molecule has 8 heteroatoms. The fourth-order valence-electron chi connectivity index (χ4n) is 3.58. The van der Waals surface area contributed by atoms with E-state index in [2.05, 4.69) is 58.2 Å². The van der Waals surface area contributed by atoms with Crippen molar-refractivity contribution in [2.75, 3.05) is 36.0 Å². The predicted octanol–water partition coefficient (Wildman–Crippen LogP) is 3.39. The van der Waals surface area contributed by atoms with Gasteiger partial charge in [-0.1, -0.05) is 31.0 Å². The number of hydrogen-bond donors (Lipinski definition) is 1. The van der Waals surface area contributed by atoms with E-state index >= 15 is 0 Å². The Bertz CT molecular complexity index is 982. The van der Waals surface area contributed by atoms with Crippen LogP contribution in [0.3, 0.4) is 0 Å². The Kier molecular flexibility index (Phi) is 6.03. The van der Waals surface area contributed by atoms with Gasteiger partial charge in [-0.05, 0) is 49.4 Å². The summed E-state index contributed by atoms with van der Waals surface area (Å²) in [6.45, 7) is 7.65. The highest BCUT2D eigenvalue weighted by atomic mass is 32.2. The van der Waals surface area contributed by atoms with Gasteiger partial charge in [0.05, 0.1) is 10.6 Å². The maximum atomic E-state index is 11.9. The largest absolute Gasteiger partial charge is 0.368 e. The average Bonchev–Trinajstić information content (AvgIpc) is 3.05. The molecule has 7 nitrogen and oxygen atoms in total. The Morgan fingerprint density at radius 2 is 1.77 bits per heavy atom. The van der Waals surface area contributed by atoms with Crippen LogP contribution in [0.25, 0.3) is 6.08 Å². The molecule has 2 aliphatic heterocycles. The van der Waals surface area contributed by atoms with Gasteiger partial charge in [0.2, 0.25) is 5.95 Å². The molecule has 30 heavy (non-hydrogen) atoms. The second kappa shape index (κ2) is 8.87. The van der Waals surface area contributed by atoms with Gasteiger partial charge in [0.15, 0.2) is 0 Å². The summed E-state index contributed by atoms with van der Waals surface area (Å²) in [5, 5.41) is 1.94. The molecule has 0 spiro atoms. The summed E-state index contributed by atoms with van der Waals surface area (Å²) in [5.74, 6) is 0.319. The number of piperazine rings is 1. The number of amides is 2. The van der Waals surface area contributed by atoms with Crippen LogP contribution < -0.4 is 15.1 Å². The number of anilines is 2. The SMILES string of the molecule is CCCc1cc(/C=C2\SC(=O)NC2=O)nc(N2CCN(c3ccc(C)cc3)CC2)n1. The summed E-state index contributed by atoms with van der Waals surface area (Å²) in [5.41, 5.74) is 4.11. The van der Waals surface area contributed by atoms with E-state index in [0.717, 1.165) is 56.5 Å². The van der Waals surface area contributed by atoms with E-state index in [1.807, 2.05) is 6.07 Å². The molecule has 0 atom stereocenters. The van der Waals surface area contributed by atoms with E-state index in [-0.39, 0.29) is 11.1 Å². The molecule has 0 bridgehead atoms. The van der Waals surface area contributed by atoms with Crippen LogP contribution >= 0.6 is 11.8 Å². The Morgan fingerprint density at radius 1 is 1.07 bits per heavy atom. The molecule has 2 fully saturated rings. The lowest BCUT2D eigenvalue weighted by Crippen LogP contribution is -2.47. The lowest BCUT2D eigenvalue weighted by molar-refractivity contribution is -0.115. The van der Waals surface area contributed by atoms with Crippen LogP contribution in [0.5, 0.6) is 0 Å². The molecule has 1 N–H and O–H groups in total. The monoisotopic (exact) mass is 423 g/mol. The summed E-state index contributed by atoms with van der Waals surface area (Å²) >= 11 is 0.909. The third kappa shape index (κ3) is 4.64. The molecule has 2 aromatic rings. The number of carbonyl (C=O) groups is 2. The van der Waals surface area contributed by atoms with E-state index in [4.69, 9.17) is 4.98 Å². The van der Waals surface area contributed by atoms with E-state index in [0.29, 0.717) is 16.5 Å². The van der Waals surface area contributed by atoms with Gasteiger partial charge in [-0.2, -0.15) is 0 Å². The number of aromatic nitrogens is 2. The highest BCUT2D eigenvalue weighted by molar-refractivity contribution is 8.18. The van der Waals surface area contributed by atoms with E-state index < -0.39 is 0 Å². The summed E-state index contributed by atoms with van der Waals surface area (Å²) in [7, 11) is 0. The van der Waals surface area contributed by atoms with Crippen molar-refractivity contribution < 1.29 is 9.59 Å². The number of hydrogen-bond acceptors (Lipinski definition) is 7. The number of benzene rings is 1. The molecule has 4 rings (SSSR count). The normalized spacial score (nSPS) is 18.3. The quantitative estimate of drug-likeness (QED) is 0.739. The Labute approximate surface area is 180 Å². The molecule has 0 aliphatic carbocycles. The van der Waals surface area contributed by atoms with E-state index in [1.165, 1.54) is 11.3 Å². The van der Waals surface area contributed by atoms with Crippen LogP contribution in [0.2, 0.25) is 0 Å². The maximum absolute atomic E-state index is 11.9. The van der Waals surface area contributed by atoms with Crippen LogP contribution in [0.15, 0.2) is 35.2 Å². The maximum Gasteiger partial charge on any atom is 0.290 e. The lowest BCUT2D eigenvalue weighted by Gasteiger charge is -2.36. The van der Waals surface area contributed by atoms with Crippen LogP contribution in [0.4, 0.5) is 16.4 Å². The zero-order valence-electron chi connectivity index (χ0n) is 17.2. The van der Waals surface area contributed by atoms with Crippen molar-refractivity contribution in [2.45, 2.75) is 26.7 Å². The molecule has 0 radical (unpaired) electrons. The van der Waals surface area contributed by atoms with Crippen molar-refractivity contribution >= 4 is 40.6 Å². The van der Waals surface area contributed by atoms with Gasteiger partial charge >= 0.3 is 0 Å². The zero-order valence-corrected chi connectivity index (χ0v) is 18.0. The summed E-state index contributed by atoms with van der Waals surface area (Å²) < 4.78 is 0. The molecule has 2 saturated heterocycles.